The van der Waals surface area contributed by atoms with Crippen LogP contribution in [0.5, 0.6) is 0 Å². The number of aromatic amines is 1. The third kappa shape index (κ3) is 4.34. The lowest BCUT2D eigenvalue weighted by Crippen LogP contribution is -2.40. The summed E-state index contributed by atoms with van der Waals surface area (Å²) in [7, 11) is 0. The molecule has 1 atom stereocenters. The van der Waals surface area contributed by atoms with Crippen LogP contribution >= 0.6 is 0 Å². The van der Waals surface area contributed by atoms with Crippen LogP contribution in [0.25, 0.3) is 10.9 Å². The van der Waals surface area contributed by atoms with Crippen LogP contribution in [-0.4, -0.2) is 62.7 Å². The third-order valence-corrected chi connectivity index (χ3v) is 6.76. The van der Waals surface area contributed by atoms with Gasteiger partial charge in [-0.25, -0.2) is 14.4 Å². The van der Waals surface area contributed by atoms with Crippen LogP contribution in [0.3, 0.4) is 0 Å². The molecule has 2 aliphatic heterocycles. The Balaban J connectivity index is 1.31. The van der Waals surface area contributed by atoms with Crippen LogP contribution in [0.1, 0.15) is 70.4 Å². The molecule has 2 aliphatic rings. The second-order valence-electron chi connectivity index (χ2n) is 9.09. The summed E-state index contributed by atoms with van der Waals surface area (Å²) in [6.07, 6.45) is 6.65. The van der Waals surface area contributed by atoms with Crippen molar-refractivity contribution in [2.45, 2.75) is 44.9 Å². The largest absolute Gasteiger partial charge is 0.351 e. The molecule has 0 saturated carbocycles. The highest BCUT2D eigenvalue weighted by Crippen LogP contribution is 2.27. The van der Waals surface area contributed by atoms with E-state index >= 15 is 0 Å². The predicted molar refractivity (Wildman–Crippen MR) is 123 cm³/mol. The topological polar surface area (TPSA) is 82.2 Å². The number of likely N-dealkylation sites (tertiary alicyclic amines) is 2. The number of carbonyl (C=O) groups is 2. The molecule has 5 rings (SSSR count). The Morgan fingerprint density at radius 1 is 1.03 bits per heavy atom. The van der Waals surface area contributed by atoms with Crippen LogP contribution < -0.4 is 0 Å². The van der Waals surface area contributed by atoms with Gasteiger partial charge in [-0.05, 0) is 63.3 Å². The number of hydrogen-bond acceptors (Lipinski definition) is 4. The van der Waals surface area contributed by atoms with Gasteiger partial charge in [-0.2, -0.15) is 0 Å². The highest BCUT2D eigenvalue weighted by atomic mass is 19.1. The van der Waals surface area contributed by atoms with Crippen LogP contribution in [0.2, 0.25) is 0 Å². The number of piperidine rings is 2. The fourth-order valence-corrected chi connectivity index (χ4v) is 4.92. The molecule has 7 nitrogen and oxygen atoms in total. The van der Waals surface area contributed by atoms with Gasteiger partial charge in [-0.3, -0.25) is 9.59 Å². The first-order valence-corrected chi connectivity index (χ1v) is 11.7. The van der Waals surface area contributed by atoms with E-state index in [0.29, 0.717) is 41.3 Å². The Kier molecular flexibility index (Phi) is 5.83. The Labute approximate surface area is 192 Å². The molecule has 8 heteroatoms. The molecular weight excluding hydrogens is 421 g/mol. The van der Waals surface area contributed by atoms with E-state index in [1.807, 2.05) is 11.8 Å². The van der Waals surface area contributed by atoms with Crippen molar-refractivity contribution < 1.29 is 14.0 Å². The first-order chi connectivity index (χ1) is 16.0. The summed E-state index contributed by atoms with van der Waals surface area (Å²) >= 11 is 0. The van der Waals surface area contributed by atoms with Crippen molar-refractivity contribution in [1.82, 2.24) is 24.8 Å². The van der Waals surface area contributed by atoms with Crippen molar-refractivity contribution in [2.24, 2.45) is 0 Å². The van der Waals surface area contributed by atoms with Gasteiger partial charge in [-0.1, -0.05) is 0 Å². The normalized spacial score (nSPS) is 19.2. The van der Waals surface area contributed by atoms with Crippen molar-refractivity contribution in [3.8, 4) is 0 Å². The molecule has 0 radical (unpaired) electrons. The number of amides is 2. The number of nitrogens with zero attached hydrogens (tertiary/aromatic N) is 4. The number of nitrogens with one attached hydrogen (secondary N) is 1. The van der Waals surface area contributed by atoms with Crippen molar-refractivity contribution in [1.29, 1.82) is 0 Å². The van der Waals surface area contributed by atoms with E-state index in [1.165, 1.54) is 18.6 Å². The molecule has 1 N–H and O–H groups in total. The van der Waals surface area contributed by atoms with E-state index in [-0.39, 0.29) is 23.5 Å². The SMILES string of the molecule is Cc1nc([C@@H]2CCCN(C(=O)c3cc4cc(F)ccc4[nH]3)C2)ncc1C(=O)N1CCCCC1. The maximum absolute atomic E-state index is 13.5. The highest BCUT2D eigenvalue weighted by molar-refractivity contribution is 5.98. The first kappa shape index (κ1) is 21.6. The van der Waals surface area contributed by atoms with Gasteiger partial charge in [0.2, 0.25) is 0 Å². The minimum atomic E-state index is -0.326. The second-order valence-corrected chi connectivity index (χ2v) is 9.09. The van der Waals surface area contributed by atoms with E-state index in [1.54, 1.807) is 23.2 Å². The van der Waals surface area contributed by atoms with Gasteiger partial charge in [-0.15, -0.1) is 0 Å². The van der Waals surface area contributed by atoms with Crippen molar-refractivity contribution in [3.05, 3.63) is 59.1 Å². The lowest BCUT2D eigenvalue weighted by atomic mass is 9.96. The fraction of sp³-hybridized carbons (Fsp3) is 0.440. The Hall–Kier alpha value is -3.29. The highest BCUT2D eigenvalue weighted by Gasteiger charge is 2.29. The molecule has 172 valence electrons. The number of H-pyrrole nitrogens is 1. The smallest absolute Gasteiger partial charge is 0.270 e. The lowest BCUT2D eigenvalue weighted by molar-refractivity contribution is 0.0699. The number of halogens is 1. The molecule has 2 amide bonds. The Morgan fingerprint density at radius 3 is 2.61 bits per heavy atom. The van der Waals surface area contributed by atoms with E-state index in [9.17, 15) is 14.0 Å². The van der Waals surface area contributed by atoms with Gasteiger partial charge in [0, 0.05) is 49.2 Å². The van der Waals surface area contributed by atoms with Gasteiger partial charge in [0.15, 0.2) is 0 Å². The average molecular weight is 450 g/mol. The van der Waals surface area contributed by atoms with Crippen LogP contribution in [0.15, 0.2) is 30.5 Å². The van der Waals surface area contributed by atoms with Crippen molar-refractivity contribution in [2.75, 3.05) is 26.2 Å². The number of carbonyl (C=O) groups excluding carboxylic acids is 2. The van der Waals surface area contributed by atoms with Crippen molar-refractivity contribution in [3.63, 3.8) is 0 Å². The van der Waals surface area contributed by atoms with Crippen LogP contribution in [0, 0.1) is 12.7 Å². The Morgan fingerprint density at radius 2 is 1.82 bits per heavy atom. The number of aryl methyl sites for hydroxylation is 1. The zero-order valence-corrected chi connectivity index (χ0v) is 18.8. The summed E-state index contributed by atoms with van der Waals surface area (Å²) in [4.78, 5) is 42.0. The van der Waals surface area contributed by atoms with Gasteiger partial charge in [0.25, 0.3) is 11.8 Å². The molecule has 0 unspecified atom stereocenters. The fourth-order valence-electron chi connectivity index (χ4n) is 4.92. The molecule has 0 aliphatic carbocycles. The zero-order chi connectivity index (χ0) is 22.9. The maximum Gasteiger partial charge on any atom is 0.270 e. The van der Waals surface area contributed by atoms with E-state index < -0.39 is 0 Å². The lowest BCUT2D eigenvalue weighted by Gasteiger charge is -2.32. The third-order valence-electron chi connectivity index (χ3n) is 6.76. The number of hydrogen-bond donors (Lipinski definition) is 1. The number of benzene rings is 1. The quantitative estimate of drug-likeness (QED) is 0.654. The molecular formula is C25H28FN5O2. The summed E-state index contributed by atoms with van der Waals surface area (Å²) in [5.74, 6) is 0.272. The summed E-state index contributed by atoms with van der Waals surface area (Å²) in [6.45, 7) is 4.61. The maximum atomic E-state index is 13.5. The monoisotopic (exact) mass is 449 g/mol. The van der Waals surface area contributed by atoms with Gasteiger partial charge >= 0.3 is 0 Å². The van der Waals surface area contributed by atoms with Crippen LogP contribution in [0.4, 0.5) is 4.39 Å². The summed E-state index contributed by atoms with van der Waals surface area (Å²) < 4.78 is 13.5. The summed E-state index contributed by atoms with van der Waals surface area (Å²) in [6, 6.07) is 6.14. The number of aromatic nitrogens is 3. The van der Waals surface area contributed by atoms with E-state index in [2.05, 4.69) is 15.0 Å². The minimum Gasteiger partial charge on any atom is -0.351 e. The Bertz CT molecular complexity index is 1200. The molecule has 0 spiro atoms. The average Bonchev–Trinajstić information content (AvgIpc) is 3.27. The summed E-state index contributed by atoms with van der Waals surface area (Å²) in [5, 5.41) is 0.680. The van der Waals surface area contributed by atoms with Gasteiger partial charge < -0.3 is 14.8 Å². The molecule has 2 aromatic heterocycles. The number of rotatable bonds is 3. The molecule has 2 saturated heterocycles. The predicted octanol–water partition coefficient (Wildman–Crippen LogP) is 4.05. The van der Waals surface area contributed by atoms with Gasteiger partial charge in [0.05, 0.1) is 11.3 Å². The standard InChI is InChI=1S/C25H28FN5O2/c1-16-20(24(32)30-9-3-2-4-10-30)14-27-23(28-16)17-6-5-11-31(15-17)25(33)22-13-18-12-19(26)7-8-21(18)29-22/h7-8,12-14,17,29H,2-6,9-11,15H2,1H3/t17-/m1/s1. The van der Waals surface area contributed by atoms with Gasteiger partial charge in [0.1, 0.15) is 17.3 Å². The molecule has 0 bridgehead atoms. The molecule has 33 heavy (non-hydrogen) atoms. The second kappa shape index (κ2) is 8.92. The minimum absolute atomic E-state index is 0.00875. The first-order valence-electron chi connectivity index (χ1n) is 11.7. The van der Waals surface area contributed by atoms with E-state index in [4.69, 9.17) is 0 Å². The molecule has 1 aromatic carbocycles. The van der Waals surface area contributed by atoms with Crippen molar-refractivity contribution >= 4 is 22.7 Å². The molecule has 3 aromatic rings. The summed E-state index contributed by atoms with van der Waals surface area (Å²) in [5.41, 5.74) is 2.45. The molecule has 4 heterocycles. The van der Waals surface area contributed by atoms with Crippen LogP contribution in [-0.2, 0) is 0 Å². The zero-order valence-electron chi connectivity index (χ0n) is 18.8. The number of fused-ring (bicyclic) bond motifs is 1. The molecule has 2 fully saturated rings. The van der Waals surface area contributed by atoms with E-state index in [0.717, 1.165) is 44.3 Å².